The molecule has 9 amide bonds. The van der Waals surface area contributed by atoms with E-state index < -0.39 is 0 Å². The van der Waals surface area contributed by atoms with Gasteiger partial charge in [-0.2, -0.15) is 0 Å². The van der Waals surface area contributed by atoms with Crippen LogP contribution in [0.25, 0.3) is 0 Å². The molecular weight excluding hydrogens is 1870 g/mol. The van der Waals surface area contributed by atoms with Gasteiger partial charge in [-0.05, 0) is 398 Å². The number of carbonyl (C=O) groups is 9. The highest BCUT2D eigenvalue weighted by molar-refractivity contribution is 8.01. The molecule has 0 bridgehead atoms. The zero-order chi connectivity index (χ0) is 111. The maximum Gasteiger partial charge on any atom is 0.251 e. The second-order valence-electron chi connectivity index (χ2n) is 43.6. The van der Waals surface area contributed by atoms with E-state index in [9.17, 15) is 43.2 Å². The van der Waals surface area contributed by atoms with Gasteiger partial charge in [-0.15, -0.1) is 35.3 Å². The van der Waals surface area contributed by atoms with Crippen LogP contribution >= 0.6 is 35.3 Å². The average Bonchev–Trinajstić information content (AvgIpc) is 0.835. The van der Waals surface area contributed by atoms with Crippen molar-refractivity contribution in [3.63, 3.8) is 0 Å². The fourth-order valence-electron chi connectivity index (χ4n) is 12.0. The van der Waals surface area contributed by atoms with Crippen molar-refractivity contribution in [2.45, 2.75) is 317 Å². The second-order valence-corrected chi connectivity index (χ2v) is 49.3. The molecule has 145 heavy (non-hydrogen) atoms. The molecule has 0 saturated heterocycles. The van der Waals surface area contributed by atoms with Crippen molar-refractivity contribution in [1.29, 1.82) is 0 Å². The molecule has 9 aromatic rings. The molecule has 11 N–H and O–H groups in total. The molecular formula is C118H177N13O11S3. The Bertz CT molecular complexity index is 5000. The maximum absolute atomic E-state index is 11.8. The molecule has 24 nitrogen and oxygen atoms in total. The number of nitrogens with one attached hydrogen (secondary N) is 11. The van der Waals surface area contributed by atoms with Gasteiger partial charge in [0.2, 0.25) is 0 Å². The van der Waals surface area contributed by atoms with Gasteiger partial charge in [0.25, 0.3) is 53.2 Å². The Balaban J connectivity index is 0.000000816. The monoisotopic (exact) mass is 2050 g/mol. The number of hydrogen-bond donors (Lipinski definition) is 11. The predicted molar refractivity (Wildman–Crippen MR) is 616 cm³/mol. The van der Waals surface area contributed by atoms with Crippen LogP contribution in [0.4, 0.5) is 22.7 Å². The van der Waals surface area contributed by atoms with Gasteiger partial charge in [0.05, 0.1) is 0 Å². The topological polar surface area (TPSA) is 311 Å². The molecule has 0 fully saturated rings. The molecule has 0 aliphatic heterocycles. The first-order chi connectivity index (χ1) is 66.9. The molecule has 0 aromatic heterocycles. The van der Waals surface area contributed by atoms with Crippen molar-refractivity contribution in [3.05, 3.63) is 268 Å². The Morgan fingerprint density at radius 2 is 0.441 bits per heavy atom. The standard InChI is InChI=1S/C15H24N2O.C14H22N2O.C14H21NOS.C13H20N2O.C13H19NO2.C13H19NOS.C12H18N2O.C12H17NO2.C12H17NOS/c1-11(2)16-14(18)12-7-9-13(10-8-12)17(6)15(3,4)5;1-6-15-13(17)11-7-9-12(10-8-11)16(5)14(2,3)4;1-10(2)15-13(16)11-6-8-12(9-7-11)17-14(3,4)5;1-5-14-12(16)10-6-8-11(9-7-10)15-13(2,3)4;2*1-5-14-12(15)10-6-8-11(9-7-10)16-13(2,3)4;1-12(2,3)14-10-7-5-9(6-8-10)11(15)13-4;2*1-12(2,3)15-10-7-5-9(6-8-10)11(14)13-4/h7-11H,1-6H3,(H,16,18);7-10H,6H2,1-5H3,(H,15,17);6-10H,1-5H3,(H,15,16);6-9,15H,5H2,1-4H3,(H,14,16);2*6-9H,5H2,1-4H3,(H,14,15);5-8,14H,1-4H3,(H,13,15);2*5-8H,1-4H3,(H,13,14). The van der Waals surface area contributed by atoms with Gasteiger partial charge in [-0.1, -0.05) is 62.3 Å². The Morgan fingerprint density at radius 3 is 0.607 bits per heavy atom. The van der Waals surface area contributed by atoms with Crippen molar-refractivity contribution in [3.8, 4) is 11.5 Å². The van der Waals surface area contributed by atoms with E-state index in [1.807, 2.05) is 279 Å². The highest BCUT2D eigenvalue weighted by Crippen LogP contribution is 2.35. The zero-order valence-corrected chi connectivity index (χ0v) is 97.3. The van der Waals surface area contributed by atoms with Crippen molar-refractivity contribution in [2.24, 2.45) is 0 Å². The molecule has 27 heteroatoms. The number of benzene rings is 9. The van der Waals surface area contributed by atoms with Gasteiger partial charge in [0.15, 0.2) is 0 Å². The van der Waals surface area contributed by atoms with E-state index in [4.69, 9.17) is 9.47 Å². The van der Waals surface area contributed by atoms with Crippen LogP contribution in [0.15, 0.2) is 233 Å². The summed E-state index contributed by atoms with van der Waals surface area (Å²) in [5, 5.41) is 31.3. The van der Waals surface area contributed by atoms with Gasteiger partial charge in [0, 0.05) is 197 Å². The lowest BCUT2D eigenvalue weighted by Gasteiger charge is -2.34. The summed E-state index contributed by atoms with van der Waals surface area (Å²) in [5.74, 6) is 1.25. The fraction of sp³-hybridized carbons (Fsp3) is 0.466. The number of carbonyl (C=O) groups excluding carboxylic acids is 9. The van der Waals surface area contributed by atoms with Gasteiger partial charge in [0.1, 0.15) is 22.7 Å². The maximum atomic E-state index is 11.8. The summed E-state index contributed by atoms with van der Waals surface area (Å²) in [7, 11) is 9.00. The van der Waals surface area contributed by atoms with Crippen LogP contribution in [0.3, 0.4) is 0 Å². The number of thioether (sulfide) groups is 3. The molecule has 0 unspecified atom stereocenters. The van der Waals surface area contributed by atoms with Crippen molar-refractivity contribution < 1.29 is 52.6 Å². The minimum atomic E-state index is -0.215. The van der Waals surface area contributed by atoms with Crippen molar-refractivity contribution in [1.82, 2.24) is 47.9 Å². The second kappa shape index (κ2) is 62.1. The third-order valence-corrected chi connectivity index (χ3v) is 22.3. The zero-order valence-electron chi connectivity index (χ0n) is 94.9. The van der Waals surface area contributed by atoms with Crippen molar-refractivity contribution >= 4 is 111 Å². The largest absolute Gasteiger partial charge is 0.488 e. The van der Waals surface area contributed by atoms with Gasteiger partial charge < -0.3 is 77.8 Å². The average molecular weight is 2050 g/mol. The van der Waals surface area contributed by atoms with E-state index in [0.717, 1.165) is 45.4 Å². The summed E-state index contributed by atoms with van der Waals surface area (Å²) in [6.07, 6.45) is 0. The van der Waals surface area contributed by atoms with E-state index in [-0.39, 0.29) is 113 Å². The smallest absolute Gasteiger partial charge is 0.251 e. The summed E-state index contributed by atoms with van der Waals surface area (Å²) >= 11 is 5.40. The van der Waals surface area contributed by atoms with E-state index in [2.05, 4.69) is 228 Å². The van der Waals surface area contributed by atoms with Crippen molar-refractivity contribution in [2.75, 3.05) is 81.9 Å². The van der Waals surface area contributed by atoms with Crippen LogP contribution in [-0.4, -0.2) is 174 Å². The molecule has 0 aliphatic carbocycles. The molecule has 0 saturated carbocycles. The third-order valence-electron chi connectivity index (χ3n) is 19.0. The highest BCUT2D eigenvalue weighted by atomic mass is 32.2. The predicted octanol–water partition coefficient (Wildman–Crippen LogP) is 25.5. The first kappa shape index (κ1) is 131. The van der Waals surface area contributed by atoms with Crippen LogP contribution in [0.2, 0.25) is 0 Å². The summed E-state index contributed by atoms with van der Waals surface area (Å²) in [4.78, 5) is 111. The molecule has 0 spiro atoms. The van der Waals surface area contributed by atoms with Gasteiger partial charge >= 0.3 is 0 Å². The first-order valence-corrected chi connectivity index (χ1v) is 52.1. The Kier molecular flexibility index (Phi) is 56.2. The normalized spacial score (nSPS) is 11.2. The molecule has 0 aliphatic rings. The van der Waals surface area contributed by atoms with Crippen LogP contribution < -0.4 is 77.8 Å². The van der Waals surface area contributed by atoms with Crippen LogP contribution in [-0.2, 0) is 0 Å². The molecule has 9 rings (SSSR count). The summed E-state index contributed by atoms with van der Waals surface area (Å²) < 4.78 is 11.9. The number of ether oxygens (including phenoxy) is 2. The van der Waals surface area contributed by atoms with Crippen LogP contribution in [0.1, 0.15) is 336 Å². The van der Waals surface area contributed by atoms with Gasteiger partial charge in [-0.3, -0.25) is 43.2 Å². The van der Waals surface area contributed by atoms with Crippen LogP contribution in [0, 0.1) is 0 Å². The van der Waals surface area contributed by atoms with Gasteiger partial charge in [-0.25, -0.2) is 0 Å². The molecule has 0 atom stereocenters. The van der Waals surface area contributed by atoms with E-state index >= 15 is 0 Å². The number of nitrogens with zero attached hydrogens (tertiary/aromatic N) is 2. The SMILES string of the molecule is CC(C)NC(=O)c1ccc(N(C)C(C)(C)C)cc1.CC(C)NC(=O)c1ccc(SC(C)(C)C)cc1.CCNC(=O)c1ccc(N(C)C(C)(C)C)cc1.CCNC(=O)c1ccc(NC(C)(C)C)cc1.CCNC(=O)c1ccc(OC(C)(C)C)cc1.CCNC(=O)c1ccc(SC(C)(C)C)cc1.CNC(=O)c1ccc(NC(C)(C)C)cc1.CNC(=O)c1ccc(OC(C)(C)C)cc1.CNC(=O)c1ccc(SC(C)(C)C)cc1. The molecule has 798 valence electrons. The van der Waals surface area contributed by atoms with E-state index in [0.29, 0.717) is 65.1 Å². The summed E-state index contributed by atoms with van der Waals surface area (Å²) in [6, 6.07) is 68.2. The molecule has 0 radical (unpaired) electrons. The lowest BCUT2D eigenvalue weighted by molar-refractivity contribution is 0.0934. The number of hydrogen-bond acceptors (Lipinski definition) is 18. The lowest BCUT2D eigenvalue weighted by Crippen LogP contribution is -2.38. The summed E-state index contributed by atoms with van der Waals surface area (Å²) in [6.45, 7) is 75.1. The minimum absolute atomic E-state index is 0.00481. The Morgan fingerprint density at radius 1 is 0.262 bits per heavy atom. The quantitative estimate of drug-likeness (QED) is 0.0250. The minimum Gasteiger partial charge on any atom is -0.488 e. The lowest BCUT2D eigenvalue weighted by atomic mass is 10.1. The first-order valence-electron chi connectivity index (χ1n) is 49.7. The Labute approximate surface area is 884 Å². The van der Waals surface area contributed by atoms with E-state index in [1.165, 1.54) is 14.7 Å². The fourth-order valence-corrected chi connectivity index (χ4v) is 15.0. The van der Waals surface area contributed by atoms with Crippen LogP contribution in [0.5, 0.6) is 11.5 Å². The number of amides is 9. The highest BCUT2D eigenvalue weighted by Gasteiger charge is 2.23. The van der Waals surface area contributed by atoms with E-state index in [1.54, 1.807) is 92.8 Å². The molecule has 9 aromatic carbocycles. The number of rotatable bonds is 24. The molecule has 0 heterocycles. The summed E-state index contributed by atoms with van der Waals surface area (Å²) in [5.41, 5.74) is 10.3. The Hall–Kier alpha value is -11.9. The number of anilines is 4. The third kappa shape index (κ3) is 58.7.